The first-order valence-corrected chi connectivity index (χ1v) is 13.0. The summed E-state index contributed by atoms with van der Waals surface area (Å²) in [5, 5.41) is 67.0. The summed E-state index contributed by atoms with van der Waals surface area (Å²) in [6, 6.07) is 0. The number of aliphatic hydroxyl groups is 7. The summed E-state index contributed by atoms with van der Waals surface area (Å²) in [6.07, 6.45) is 0.163. The third kappa shape index (κ3) is 9.84. The van der Waals surface area contributed by atoms with Crippen LogP contribution in [0.2, 0.25) is 0 Å². The Morgan fingerprint density at radius 3 is 0.805 bits per heavy atom. The molecule has 0 saturated carbocycles. The van der Waals surface area contributed by atoms with Gasteiger partial charge in [-0.1, -0.05) is 6.92 Å². The van der Waals surface area contributed by atoms with Crippen LogP contribution >= 0.6 is 0 Å². The molecule has 15 heteroatoms. The molecule has 0 aliphatic heterocycles. The van der Waals surface area contributed by atoms with Crippen molar-refractivity contribution in [3.05, 3.63) is 0 Å². The molecule has 0 heterocycles. The molecule has 0 rings (SSSR count). The van der Waals surface area contributed by atoms with Gasteiger partial charge in [0.25, 0.3) is 0 Å². The van der Waals surface area contributed by atoms with Crippen molar-refractivity contribution in [1.82, 2.24) is 0 Å². The molecule has 15 nitrogen and oxygen atoms in total. The van der Waals surface area contributed by atoms with E-state index in [0.29, 0.717) is 0 Å². The zero-order valence-electron chi connectivity index (χ0n) is 24.4. The molecule has 0 aromatic heterocycles. The van der Waals surface area contributed by atoms with Gasteiger partial charge in [-0.05, 0) is 34.1 Å². The van der Waals surface area contributed by atoms with Crippen LogP contribution in [0.3, 0.4) is 0 Å². The van der Waals surface area contributed by atoms with Gasteiger partial charge in [-0.2, -0.15) is 0 Å². The van der Waals surface area contributed by atoms with Crippen molar-refractivity contribution >= 4 is 23.9 Å². The minimum absolute atomic E-state index is 0.163. The first kappa shape index (κ1) is 38.6. The van der Waals surface area contributed by atoms with Crippen LogP contribution in [-0.2, 0) is 38.1 Å². The van der Waals surface area contributed by atoms with E-state index < -0.39 is 124 Å². The number of ether oxygens (including phenoxy) is 4. The fourth-order valence-corrected chi connectivity index (χ4v) is 2.68. The summed E-state index contributed by atoms with van der Waals surface area (Å²) in [4.78, 5) is 51.0. The fraction of sp³-hybridized carbons (Fsp3) is 0.846. The lowest BCUT2D eigenvalue weighted by Gasteiger charge is -2.36. The van der Waals surface area contributed by atoms with Gasteiger partial charge in [-0.3, -0.25) is 19.2 Å². The molecule has 7 N–H and O–H groups in total. The van der Waals surface area contributed by atoms with Crippen LogP contribution < -0.4 is 0 Å². The van der Waals surface area contributed by atoms with Crippen LogP contribution in [0.5, 0.6) is 0 Å². The van der Waals surface area contributed by atoms with E-state index >= 15 is 0 Å². The third-order valence-corrected chi connectivity index (χ3v) is 7.23. The molecule has 0 radical (unpaired) electrons. The van der Waals surface area contributed by atoms with Gasteiger partial charge in [-0.15, -0.1) is 0 Å². The number of rotatable bonds is 20. The van der Waals surface area contributed by atoms with Gasteiger partial charge in [-0.25, -0.2) is 0 Å². The molecular formula is C26H46O15. The largest absolute Gasteiger partial charge is 0.464 e. The average Bonchev–Trinajstić information content (AvgIpc) is 3.01. The van der Waals surface area contributed by atoms with Crippen molar-refractivity contribution in [3.8, 4) is 0 Å². The number of carbonyl (C=O) groups is 4. The number of hydrogen-bond acceptors (Lipinski definition) is 15. The molecule has 0 bridgehead atoms. The highest BCUT2D eigenvalue weighted by atomic mass is 16.6. The molecule has 0 amide bonds. The monoisotopic (exact) mass is 598 g/mol. The molecular weight excluding hydrogens is 552 g/mol. The highest BCUT2D eigenvalue weighted by molar-refractivity contribution is 5.78. The zero-order chi connectivity index (χ0) is 32.1. The maximum atomic E-state index is 12.8. The predicted octanol–water partition coefficient (Wildman–Crippen LogP) is -2.47. The minimum Gasteiger partial charge on any atom is -0.464 e. The first-order valence-electron chi connectivity index (χ1n) is 13.0. The highest BCUT2D eigenvalue weighted by Gasteiger charge is 2.45. The summed E-state index contributed by atoms with van der Waals surface area (Å²) >= 11 is 0. The van der Waals surface area contributed by atoms with Crippen LogP contribution in [0.25, 0.3) is 0 Å². The van der Waals surface area contributed by atoms with Gasteiger partial charge in [0.1, 0.15) is 48.1 Å². The molecule has 0 spiro atoms. The van der Waals surface area contributed by atoms with Crippen molar-refractivity contribution in [3.63, 3.8) is 0 Å². The third-order valence-electron chi connectivity index (χ3n) is 7.23. The summed E-state index contributed by atoms with van der Waals surface area (Å²) in [6.45, 7) is -1.85. The molecule has 0 saturated heterocycles. The summed E-state index contributed by atoms with van der Waals surface area (Å²) in [7, 11) is 0. The maximum absolute atomic E-state index is 12.8. The molecule has 1 atom stereocenters. The van der Waals surface area contributed by atoms with E-state index in [-0.39, 0.29) is 6.42 Å². The van der Waals surface area contributed by atoms with Crippen LogP contribution in [0.1, 0.15) is 41.0 Å². The van der Waals surface area contributed by atoms with E-state index in [2.05, 4.69) is 0 Å². The van der Waals surface area contributed by atoms with Gasteiger partial charge < -0.3 is 54.7 Å². The molecule has 0 aliphatic carbocycles. The van der Waals surface area contributed by atoms with Gasteiger partial charge in [0.15, 0.2) is 0 Å². The van der Waals surface area contributed by atoms with Gasteiger partial charge in [0.2, 0.25) is 0 Å². The van der Waals surface area contributed by atoms with E-state index in [9.17, 15) is 54.9 Å². The van der Waals surface area contributed by atoms with E-state index in [1.54, 1.807) is 6.92 Å². The van der Waals surface area contributed by atoms with Crippen molar-refractivity contribution in [2.24, 2.45) is 27.1 Å². The Hall–Kier alpha value is -2.40. The van der Waals surface area contributed by atoms with Gasteiger partial charge in [0, 0.05) is 0 Å². The number of hydrogen-bond donors (Lipinski definition) is 7. The number of carbonyl (C=O) groups excluding carboxylic acids is 4. The lowest BCUT2D eigenvalue weighted by molar-refractivity contribution is -0.186. The Labute approximate surface area is 239 Å². The van der Waals surface area contributed by atoms with E-state index in [1.165, 1.54) is 27.7 Å². The summed E-state index contributed by atoms with van der Waals surface area (Å²) in [5.41, 5.74) is -8.48. The topological polar surface area (TPSA) is 247 Å². The minimum atomic E-state index is -1.86. The Balaban J connectivity index is 6.54. The summed E-state index contributed by atoms with van der Waals surface area (Å²) in [5.74, 6) is -4.19. The second-order valence-electron chi connectivity index (χ2n) is 11.5. The van der Waals surface area contributed by atoms with Crippen LogP contribution in [0, 0.1) is 27.1 Å². The van der Waals surface area contributed by atoms with Crippen LogP contribution in [-0.4, -0.2) is 132 Å². The quantitative estimate of drug-likeness (QED) is 0.0566. The molecule has 0 fully saturated rings. The Kier molecular flexibility index (Phi) is 15.3. The van der Waals surface area contributed by atoms with Gasteiger partial charge >= 0.3 is 23.9 Å². The zero-order valence-corrected chi connectivity index (χ0v) is 24.4. The smallest absolute Gasteiger partial charge is 0.316 e. The lowest BCUT2D eigenvalue weighted by atomic mass is 9.87. The van der Waals surface area contributed by atoms with Gasteiger partial charge in [0.05, 0.1) is 51.7 Å². The predicted molar refractivity (Wildman–Crippen MR) is 139 cm³/mol. The van der Waals surface area contributed by atoms with Crippen molar-refractivity contribution in [2.45, 2.75) is 41.0 Å². The van der Waals surface area contributed by atoms with Crippen molar-refractivity contribution < 1.29 is 73.9 Å². The molecule has 0 aromatic rings. The average molecular weight is 599 g/mol. The van der Waals surface area contributed by atoms with Crippen molar-refractivity contribution in [2.75, 3.05) is 72.7 Å². The van der Waals surface area contributed by atoms with Crippen molar-refractivity contribution in [1.29, 1.82) is 0 Å². The maximum Gasteiger partial charge on any atom is 0.316 e. The molecule has 240 valence electrons. The molecule has 0 aliphatic rings. The van der Waals surface area contributed by atoms with E-state index in [4.69, 9.17) is 18.9 Å². The first-order chi connectivity index (χ1) is 19.0. The fourth-order valence-electron chi connectivity index (χ4n) is 2.68. The van der Waals surface area contributed by atoms with Crippen LogP contribution in [0.15, 0.2) is 0 Å². The second-order valence-corrected chi connectivity index (χ2v) is 11.5. The second kappa shape index (κ2) is 16.3. The van der Waals surface area contributed by atoms with E-state index in [1.807, 2.05) is 0 Å². The Bertz CT molecular complexity index is 713. The Morgan fingerprint density at radius 1 is 0.439 bits per heavy atom. The molecule has 0 aromatic carbocycles. The summed E-state index contributed by atoms with van der Waals surface area (Å²) < 4.78 is 21.3. The number of aliphatic hydroxyl groups excluding tert-OH is 7. The molecule has 41 heavy (non-hydrogen) atoms. The standard InChI is InChI=1S/C26H46O15/c1-6-22(2,7-27)18(34)38-14-26(15-39-19(35)23(3,8-28)9-29,16-40-20(36)24(4,10-30)11-31)17-41-21(37)25(5,12-32)13-33/h27-33H,6-17H2,1-5H3. The van der Waals surface area contributed by atoms with E-state index in [0.717, 1.165) is 0 Å². The highest BCUT2D eigenvalue weighted by Crippen LogP contribution is 2.29. The molecule has 1 unspecified atom stereocenters. The SMILES string of the molecule is CCC(C)(CO)C(=O)OCC(COC(=O)C(C)(CO)CO)(COC(=O)C(C)(CO)CO)COC(=O)C(C)(CO)CO. The number of esters is 4. The Morgan fingerprint density at radius 2 is 0.634 bits per heavy atom. The lowest BCUT2D eigenvalue weighted by Crippen LogP contribution is -2.49. The normalized spacial score (nSPS) is 14.1. The van der Waals surface area contributed by atoms with Crippen LogP contribution in [0.4, 0.5) is 0 Å².